The fraction of sp³-hybridized carbons (Fsp3) is 0.750. The third-order valence-electron chi connectivity index (χ3n) is 2.46. The van der Waals surface area contributed by atoms with E-state index >= 15 is 0 Å². The summed E-state index contributed by atoms with van der Waals surface area (Å²) in [5, 5.41) is 7.89. The standard InChI is InChI=1S/C12H23N3.ClH/c1-4-5-6-8-13-10-12-7-9-15(14-12)11(2)3;/h7,9,11,13H,4-6,8,10H2,1-3H3;1H. The van der Waals surface area contributed by atoms with Crippen LogP contribution in [0.2, 0.25) is 0 Å². The van der Waals surface area contributed by atoms with E-state index < -0.39 is 0 Å². The summed E-state index contributed by atoms with van der Waals surface area (Å²) in [6, 6.07) is 2.55. The van der Waals surface area contributed by atoms with E-state index in [0.717, 1.165) is 18.8 Å². The molecule has 0 aliphatic rings. The Labute approximate surface area is 105 Å². The van der Waals surface area contributed by atoms with Gasteiger partial charge in [-0.15, -0.1) is 12.4 Å². The molecule has 16 heavy (non-hydrogen) atoms. The van der Waals surface area contributed by atoms with Crippen LogP contribution in [-0.4, -0.2) is 16.3 Å². The van der Waals surface area contributed by atoms with E-state index in [-0.39, 0.29) is 12.4 Å². The lowest BCUT2D eigenvalue weighted by atomic mass is 10.2. The van der Waals surface area contributed by atoms with Crippen LogP contribution < -0.4 is 5.32 Å². The highest BCUT2D eigenvalue weighted by molar-refractivity contribution is 5.85. The second-order valence-corrected chi connectivity index (χ2v) is 4.26. The predicted molar refractivity (Wildman–Crippen MR) is 71.1 cm³/mol. The highest BCUT2D eigenvalue weighted by atomic mass is 35.5. The second kappa shape index (κ2) is 8.59. The molecule has 0 atom stereocenters. The van der Waals surface area contributed by atoms with E-state index in [1.165, 1.54) is 19.3 Å². The van der Waals surface area contributed by atoms with E-state index in [1.54, 1.807) is 0 Å². The SMILES string of the molecule is CCCCCNCc1ccn(C(C)C)n1.Cl. The van der Waals surface area contributed by atoms with Gasteiger partial charge in [-0.1, -0.05) is 19.8 Å². The Kier molecular flexibility index (Phi) is 8.30. The fourth-order valence-corrected chi connectivity index (χ4v) is 1.48. The van der Waals surface area contributed by atoms with Crippen LogP contribution in [0.15, 0.2) is 12.3 Å². The first-order valence-electron chi connectivity index (χ1n) is 5.98. The predicted octanol–water partition coefficient (Wildman–Crippen LogP) is 3.17. The average molecular weight is 246 g/mol. The Balaban J connectivity index is 0.00000225. The molecule has 0 spiro atoms. The summed E-state index contributed by atoms with van der Waals surface area (Å²) in [6.07, 6.45) is 5.91. The van der Waals surface area contributed by atoms with Crippen LogP contribution in [0.25, 0.3) is 0 Å². The third-order valence-corrected chi connectivity index (χ3v) is 2.46. The molecular weight excluding hydrogens is 222 g/mol. The largest absolute Gasteiger partial charge is 0.311 e. The second-order valence-electron chi connectivity index (χ2n) is 4.26. The Morgan fingerprint density at radius 2 is 2.12 bits per heavy atom. The van der Waals surface area contributed by atoms with Crippen molar-refractivity contribution in [1.29, 1.82) is 0 Å². The molecule has 0 radical (unpaired) electrons. The van der Waals surface area contributed by atoms with Crippen LogP contribution in [0.3, 0.4) is 0 Å². The highest BCUT2D eigenvalue weighted by Gasteiger charge is 2.00. The molecule has 0 fully saturated rings. The molecule has 1 rings (SSSR count). The third kappa shape index (κ3) is 5.52. The van der Waals surface area contributed by atoms with Crippen molar-refractivity contribution in [3.05, 3.63) is 18.0 Å². The minimum Gasteiger partial charge on any atom is -0.311 e. The maximum atomic E-state index is 4.48. The molecule has 0 aliphatic carbocycles. The molecule has 0 aromatic carbocycles. The lowest BCUT2D eigenvalue weighted by Crippen LogP contribution is -2.15. The molecular formula is C12H24ClN3. The monoisotopic (exact) mass is 245 g/mol. The molecule has 0 aliphatic heterocycles. The van der Waals surface area contributed by atoms with Crippen LogP contribution >= 0.6 is 12.4 Å². The first-order chi connectivity index (χ1) is 7.24. The Morgan fingerprint density at radius 3 is 2.69 bits per heavy atom. The van der Waals surface area contributed by atoms with Crippen molar-refractivity contribution in [2.75, 3.05) is 6.54 Å². The van der Waals surface area contributed by atoms with Crippen LogP contribution in [0.5, 0.6) is 0 Å². The summed E-state index contributed by atoms with van der Waals surface area (Å²) in [6.45, 7) is 8.51. The topological polar surface area (TPSA) is 29.9 Å². The Bertz CT molecular complexity index is 271. The number of nitrogens with zero attached hydrogens (tertiary/aromatic N) is 2. The minimum atomic E-state index is 0. The van der Waals surface area contributed by atoms with Crippen molar-refractivity contribution < 1.29 is 0 Å². The molecule has 94 valence electrons. The van der Waals surface area contributed by atoms with Crippen molar-refractivity contribution >= 4 is 12.4 Å². The molecule has 0 saturated heterocycles. The van der Waals surface area contributed by atoms with Crippen molar-refractivity contribution in [3.8, 4) is 0 Å². The number of halogens is 1. The van der Waals surface area contributed by atoms with E-state index in [1.807, 2.05) is 10.9 Å². The average Bonchev–Trinajstić information content (AvgIpc) is 2.66. The molecule has 1 aromatic heterocycles. The Morgan fingerprint density at radius 1 is 1.38 bits per heavy atom. The van der Waals surface area contributed by atoms with Gasteiger partial charge in [-0.05, 0) is 32.9 Å². The van der Waals surface area contributed by atoms with Gasteiger partial charge in [-0.25, -0.2) is 0 Å². The van der Waals surface area contributed by atoms with Gasteiger partial charge in [0.2, 0.25) is 0 Å². The lowest BCUT2D eigenvalue weighted by Gasteiger charge is -2.04. The number of unbranched alkanes of at least 4 members (excludes halogenated alkanes) is 2. The molecule has 0 amide bonds. The van der Waals surface area contributed by atoms with Gasteiger partial charge in [0.1, 0.15) is 0 Å². The summed E-state index contributed by atoms with van der Waals surface area (Å²) in [5.74, 6) is 0. The normalized spacial score (nSPS) is 10.5. The molecule has 1 heterocycles. The minimum absolute atomic E-state index is 0. The molecule has 0 unspecified atom stereocenters. The van der Waals surface area contributed by atoms with E-state index in [2.05, 4.69) is 37.3 Å². The quantitative estimate of drug-likeness (QED) is 0.748. The van der Waals surface area contributed by atoms with Crippen LogP contribution in [0, 0.1) is 0 Å². The fourth-order valence-electron chi connectivity index (χ4n) is 1.48. The van der Waals surface area contributed by atoms with Gasteiger partial charge in [0.25, 0.3) is 0 Å². The highest BCUT2D eigenvalue weighted by Crippen LogP contribution is 2.03. The van der Waals surface area contributed by atoms with Gasteiger partial charge < -0.3 is 5.32 Å². The van der Waals surface area contributed by atoms with Gasteiger partial charge in [0, 0.05) is 18.8 Å². The van der Waals surface area contributed by atoms with Gasteiger partial charge in [-0.2, -0.15) is 5.10 Å². The van der Waals surface area contributed by atoms with Crippen LogP contribution in [0.4, 0.5) is 0 Å². The van der Waals surface area contributed by atoms with E-state index in [0.29, 0.717) is 6.04 Å². The van der Waals surface area contributed by atoms with Crippen molar-refractivity contribution in [3.63, 3.8) is 0 Å². The first kappa shape index (κ1) is 15.5. The zero-order valence-corrected chi connectivity index (χ0v) is 11.4. The summed E-state index contributed by atoms with van der Waals surface area (Å²) >= 11 is 0. The first-order valence-corrected chi connectivity index (χ1v) is 5.98. The van der Waals surface area contributed by atoms with Gasteiger partial charge in [0.05, 0.1) is 5.69 Å². The maximum Gasteiger partial charge on any atom is 0.0762 e. The van der Waals surface area contributed by atoms with Crippen molar-refractivity contribution in [2.24, 2.45) is 0 Å². The number of hydrogen-bond donors (Lipinski definition) is 1. The van der Waals surface area contributed by atoms with Crippen LogP contribution in [-0.2, 0) is 6.54 Å². The number of nitrogens with one attached hydrogen (secondary N) is 1. The Hall–Kier alpha value is -0.540. The zero-order valence-electron chi connectivity index (χ0n) is 10.6. The van der Waals surface area contributed by atoms with Crippen LogP contribution in [0.1, 0.15) is 51.8 Å². The molecule has 3 nitrogen and oxygen atoms in total. The zero-order chi connectivity index (χ0) is 11.1. The van der Waals surface area contributed by atoms with Gasteiger partial charge in [0.15, 0.2) is 0 Å². The summed E-state index contributed by atoms with van der Waals surface area (Å²) in [5.41, 5.74) is 1.14. The molecule has 1 aromatic rings. The maximum absolute atomic E-state index is 4.48. The van der Waals surface area contributed by atoms with Crippen molar-refractivity contribution in [2.45, 2.75) is 52.6 Å². The smallest absolute Gasteiger partial charge is 0.0762 e. The number of rotatable bonds is 7. The molecule has 0 saturated carbocycles. The lowest BCUT2D eigenvalue weighted by molar-refractivity contribution is 0.520. The number of aromatic nitrogens is 2. The van der Waals surface area contributed by atoms with E-state index in [9.17, 15) is 0 Å². The summed E-state index contributed by atoms with van der Waals surface area (Å²) < 4.78 is 2.00. The molecule has 0 bridgehead atoms. The molecule has 4 heteroatoms. The van der Waals surface area contributed by atoms with E-state index in [4.69, 9.17) is 0 Å². The van der Waals surface area contributed by atoms with Gasteiger partial charge >= 0.3 is 0 Å². The van der Waals surface area contributed by atoms with Crippen molar-refractivity contribution in [1.82, 2.24) is 15.1 Å². The van der Waals surface area contributed by atoms with Gasteiger partial charge in [-0.3, -0.25) is 4.68 Å². The molecule has 1 N–H and O–H groups in total. The summed E-state index contributed by atoms with van der Waals surface area (Å²) in [7, 11) is 0. The number of hydrogen-bond acceptors (Lipinski definition) is 2. The summed E-state index contributed by atoms with van der Waals surface area (Å²) in [4.78, 5) is 0.